The molecule has 6 nitrogen and oxygen atoms in total. The van der Waals surface area contributed by atoms with Gasteiger partial charge in [-0.3, -0.25) is 4.79 Å². The van der Waals surface area contributed by atoms with Gasteiger partial charge in [0.25, 0.3) is 5.91 Å². The third-order valence-electron chi connectivity index (χ3n) is 4.42. The molecule has 0 aliphatic carbocycles. The van der Waals surface area contributed by atoms with E-state index in [0.717, 1.165) is 23.8 Å². The van der Waals surface area contributed by atoms with Crippen LogP contribution in [-0.2, 0) is 11.2 Å². The highest BCUT2D eigenvalue weighted by Crippen LogP contribution is 2.28. The van der Waals surface area contributed by atoms with Crippen molar-refractivity contribution in [3.63, 3.8) is 0 Å². The van der Waals surface area contributed by atoms with Gasteiger partial charge in [0.1, 0.15) is 17.1 Å². The topological polar surface area (TPSA) is 77.8 Å². The fourth-order valence-corrected chi connectivity index (χ4v) is 3.20. The van der Waals surface area contributed by atoms with Crippen LogP contribution >= 0.6 is 11.6 Å². The first-order chi connectivity index (χ1) is 13.9. The van der Waals surface area contributed by atoms with E-state index in [1.807, 2.05) is 13.0 Å². The summed E-state index contributed by atoms with van der Waals surface area (Å²) in [7, 11) is 1.51. The molecule has 0 bridgehead atoms. The van der Waals surface area contributed by atoms with Gasteiger partial charge >= 0.3 is 5.63 Å². The largest absolute Gasteiger partial charge is 0.495 e. The first-order valence-corrected chi connectivity index (χ1v) is 9.67. The van der Waals surface area contributed by atoms with Gasteiger partial charge in [0, 0.05) is 22.5 Å². The highest BCUT2D eigenvalue weighted by atomic mass is 35.5. The van der Waals surface area contributed by atoms with Gasteiger partial charge in [-0.15, -0.1) is 0 Å². The highest BCUT2D eigenvalue weighted by molar-refractivity contribution is 6.31. The number of aryl methyl sites for hydroxylation is 1. The maximum atomic E-state index is 12.5. The molecule has 0 aliphatic rings. The molecule has 0 fully saturated rings. The van der Waals surface area contributed by atoms with E-state index in [0.29, 0.717) is 27.8 Å². The van der Waals surface area contributed by atoms with Crippen molar-refractivity contribution < 1.29 is 18.7 Å². The molecular weight excluding hydrogens is 394 g/mol. The summed E-state index contributed by atoms with van der Waals surface area (Å²) in [5.74, 6) is 0.549. The average molecular weight is 416 g/mol. The number of hydrogen-bond donors (Lipinski definition) is 1. The Hall–Kier alpha value is -2.99. The number of amides is 1. The zero-order chi connectivity index (χ0) is 21.0. The summed E-state index contributed by atoms with van der Waals surface area (Å²) in [6.45, 7) is 3.67. The predicted molar refractivity (Wildman–Crippen MR) is 113 cm³/mol. The lowest BCUT2D eigenvalue weighted by molar-refractivity contribution is -0.122. The first kappa shape index (κ1) is 20.7. The molecule has 0 aliphatic heterocycles. The fourth-order valence-electron chi connectivity index (χ4n) is 3.03. The van der Waals surface area contributed by atoms with E-state index in [1.54, 1.807) is 37.3 Å². The maximum Gasteiger partial charge on any atom is 0.336 e. The molecule has 0 saturated carbocycles. The van der Waals surface area contributed by atoms with Crippen molar-refractivity contribution in [2.45, 2.75) is 32.8 Å². The SMILES string of the molecule is CCCc1cc(=O)oc2cc(O[C@@H](C)C(=O)Nc3cc(Cl)ccc3OC)ccc12. The van der Waals surface area contributed by atoms with Gasteiger partial charge in [-0.25, -0.2) is 4.79 Å². The number of ether oxygens (including phenoxy) is 2. The molecular formula is C22H22ClNO5. The molecule has 3 aromatic rings. The Morgan fingerprint density at radius 3 is 2.72 bits per heavy atom. The first-order valence-electron chi connectivity index (χ1n) is 9.29. The molecule has 0 unspecified atom stereocenters. The van der Waals surface area contributed by atoms with Crippen LogP contribution in [0, 0.1) is 0 Å². The van der Waals surface area contributed by atoms with Gasteiger partial charge in [-0.1, -0.05) is 24.9 Å². The molecule has 2 aromatic carbocycles. The molecule has 1 atom stereocenters. The maximum absolute atomic E-state index is 12.5. The quantitative estimate of drug-likeness (QED) is 0.560. The minimum absolute atomic E-state index is 0.369. The number of fused-ring (bicyclic) bond motifs is 1. The summed E-state index contributed by atoms with van der Waals surface area (Å²) in [5, 5.41) is 4.08. The fraction of sp³-hybridized carbons (Fsp3) is 0.273. The zero-order valence-corrected chi connectivity index (χ0v) is 17.2. The van der Waals surface area contributed by atoms with Crippen molar-refractivity contribution in [1.82, 2.24) is 0 Å². The summed E-state index contributed by atoms with van der Waals surface area (Å²) in [4.78, 5) is 24.4. The molecule has 0 saturated heterocycles. The lowest BCUT2D eigenvalue weighted by Crippen LogP contribution is -2.30. The van der Waals surface area contributed by atoms with E-state index in [9.17, 15) is 9.59 Å². The van der Waals surface area contributed by atoms with Crippen LogP contribution in [0.15, 0.2) is 51.7 Å². The Kier molecular flexibility index (Phi) is 6.44. The number of carbonyl (C=O) groups is 1. The van der Waals surface area contributed by atoms with Crippen LogP contribution < -0.4 is 20.4 Å². The Bertz CT molecular complexity index is 1090. The number of methoxy groups -OCH3 is 1. The van der Waals surface area contributed by atoms with Crippen LogP contribution in [0.1, 0.15) is 25.8 Å². The second kappa shape index (κ2) is 9.01. The van der Waals surface area contributed by atoms with E-state index < -0.39 is 11.7 Å². The summed E-state index contributed by atoms with van der Waals surface area (Å²) >= 11 is 6.00. The van der Waals surface area contributed by atoms with E-state index in [2.05, 4.69) is 5.32 Å². The van der Waals surface area contributed by atoms with Crippen LogP contribution in [0.2, 0.25) is 5.02 Å². The monoisotopic (exact) mass is 415 g/mol. The normalized spacial score (nSPS) is 11.9. The lowest BCUT2D eigenvalue weighted by Gasteiger charge is -2.16. The van der Waals surface area contributed by atoms with E-state index >= 15 is 0 Å². The summed E-state index contributed by atoms with van der Waals surface area (Å²) in [6.07, 6.45) is 0.894. The number of anilines is 1. The van der Waals surface area contributed by atoms with Crippen LogP contribution in [-0.4, -0.2) is 19.1 Å². The third kappa shape index (κ3) is 4.90. The van der Waals surface area contributed by atoms with Gasteiger partial charge in [-0.2, -0.15) is 0 Å². The van der Waals surface area contributed by atoms with Gasteiger partial charge in [-0.05, 0) is 49.2 Å². The smallest absolute Gasteiger partial charge is 0.336 e. The number of nitrogens with one attached hydrogen (secondary N) is 1. The standard InChI is InChI=1S/C22H22ClNO5/c1-4-5-14-10-21(25)29-20-12-16(7-8-17(14)20)28-13(2)22(26)24-18-11-15(23)6-9-19(18)27-3/h6-13H,4-5H2,1-3H3,(H,24,26)/t13-/m0/s1. The Labute approximate surface area is 173 Å². The predicted octanol–water partition coefficient (Wildman–Crippen LogP) is 4.81. The van der Waals surface area contributed by atoms with Crippen molar-refractivity contribution in [2.24, 2.45) is 0 Å². The second-order valence-electron chi connectivity index (χ2n) is 6.59. The van der Waals surface area contributed by atoms with Gasteiger partial charge in [0.15, 0.2) is 6.10 Å². The van der Waals surface area contributed by atoms with Crippen LogP contribution in [0.25, 0.3) is 11.0 Å². The van der Waals surface area contributed by atoms with Crippen molar-refractivity contribution in [2.75, 3.05) is 12.4 Å². The molecule has 0 spiro atoms. The molecule has 1 aromatic heterocycles. The molecule has 1 amide bonds. The van der Waals surface area contributed by atoms with Gasteiger partial charge in [0.2, 0.25) is 0 Å². The van der Waals surface area contributed by atoms with E-state index in [4.69, 9.17) is 25.5 Å². The number of rotatable bonds is 7. The van der Waals surface area contributed by atoms with Crippen molar-refractivity contribution in [1.29, 1.82) is 0 Å². The third-order valence-corrected chi connectivity index (χ3v) is 4.66. The Morgan fingerprint density at radius 1 is 1.21 bits per heavy atom. The highest BCUT2D eigenvalue weighted by Gasteiger charge is 2.18. The van der Waals surface area contributed by atoms with Crippen LogP contribution in [0.4, 0.5) is 5.69 Å². The van der Waals surface area contributed by atoms with E-state index in [-0.39, 0.29) is 5.91 Å². The summed E-state index contributed by atoms with van der Waals surface area (Å²) in [6, 6.07) is 11.7. The molecule has 152 valence electrons. The van der Waals surface area contributed by atoms with E-state index in [1.165, 1.54) is 13.2 Å². The lowest BCUT2D eigenvalue weighted by atomic mass is 10.1. The Balaban J connectivity index is 1.79. The van der Waals surface area contributed by atoms with Crippen LogP contribution in [0.5, 0.6) is 11.5 Å². The number of carbonyl (C=O) groups excluding carboxylic acids is 1. The second-order valence-corrected chi connectivity index (χ2v) is 7.03. The van der Waals surface area contributed by atoms with Crippen molar-refractivity contribution in [3.05, 3.63) is 63.5 Å². The minimum atomic E-state index is -0.804. The molecule has 1 heterocycles. The Morgan fingerprint density at radius 2 is 2.00 bits per heavy atom. The molecule has 3 rings (SSSR count). The zero-order valence-electron chi connectivity index (χ0n) is 16.5. The van der Waals surface area contributed by atoms with Gasteiger partial charge in [0.05, 0.1) is 12.8 Å². The average Bonchev–Trinajstić information content (AvgIpc) is 2.68. The van der Waals surface area contributed by atoms with Gasteiger partial charge < -0.3 is 19.2 Å². The molecule has 7 heteroatoms. The summed E-state index contributed by atoms with van der Waals surface area (Å²) in [5.41, 5.74) is 1.41. The van der Waals surface area contributed by atoms with Crippen molar-refractivity contribution in [3.8, 4) is 11.5 Å². The number of benzene rings is 2. The molecule has 0 radical (unpaired) electrons. The molecule has 29 heavy (non-hydrogen) atoms. The molecule has 1 N–H and O–H groups in total. The van der Waals surface area contributed by atoms with Crippen molar-refractivity contribution >= 4 is 34.2 Å². The number of hydrogen-bond acceptors (Lipinski definition) is 5. The summed E-state index contributed by atoms with van der Waals surface area (Å²) < 4.78 is 16.3. The minimum Gasteiger partial charge on any atom is -0.495 e. The number of halogens is 1. The van der Waals surface area contributed by atoms with Crippen LogP contribution in [0.3, 0.4) is 0 Å².